The van der Waals surface area contributed by atoms with Crippen LogP contribution in [0.5, 0.6) is 0 Å². The van der Waals surface area contributed by atoms with Crippen molar-refractivity contribution in [2.24, 2.45) is 0 Å². The Labute approximate surface area is 132 Å². The number of nitrogens with zero attached hydrogens (tertiary/aromatic N) is 1. The maximum absolute atomic E-state index is 9.52. The van der Waals surface area contributed by atoms with Crippen LogP contribution in [0.4, 0.5) is 0 Å². The highest BCUT2D eigenvalue weighted by Gasteiger charge is 2.27. The lowest BCUT2D eigenvalue weighted by Crippen LogP contribution is -2.24. The maximum atomic E-state index is 9.52. The predicted octanol–water partition coefficient (Wildman–Crippen LogP) is 3.62. The van der Waals surface area contributed by atoms with Gasteiger partial charge in [-0.15, -0.1) is 11.3 Å². The Morgan fingerprint density at radius 1 is 1.35 bits per heavy atom. The summed E-state index contributed by atoms with van der Waals surface area (Å²) < 4.78 is 1.12. The van der Waals surface area contributed by atoms with Crippen molar-refractivity contribution in [2.45, 2.75) is 18.9 Å². The number of fused-ring (bicyclic) bond motifs is 1. The molecular formula is C16H18BrNOS. The lowest BCUT2D eigenvalue weighted by atomic mass is 9.95. The third kappa shape index (κ3) is 2.58. The highest BCUT2D eigenvalue weighted by atomic mass is 79.9. The number of hydrogen-bond acceptors (Lipinski definition) is 3. The average Bonchev–Trinajstić information content (AvgIpc) is 2.69. The molecule has 1 aromatic heterocycles. The van der Waals surface area contributed by atoms with Crippen LogP contribution in [0.15, 0.2) is 34.8 Å². The fraction of sp³-hybridized carbons (Fsp3) is 0.375. The molecule has 0 amide bonds. The normalized spacial score (nSPS) is 19.6. The van der Waals surface area contributed by atoms with Crippen LogP contribution >= 0.6 is 27.3 Å². The Balaban J connectivity index is 2.10. The van der Waals surface area contributed by atoms with Crippen LogP contribution in [0.1, 0.15) is 26.8 Å². The molecule has 4 heteroatoms. The Hall–Kier alpha value is -0.680. The van der Waals surface area contributed by atoms with E-state index in [1.54, 1.807) is 11.3 Å². The molecule has 0 bridgehead atoms. The van der Waals surface area contributed by atoms with Gasteiger partial charge < -0.3 is 10.0 Å². The molecule has 2 heterocycles. The fourth-order valence-corrected chi connectivity index (χ4v) is 5.00. The zero-order valence-corrected chi connectivity index (χ0v) is 13.9. The van der Waals surface area contributed by atoms with Gasteiger partial charge in [0.1, 0.15) is 0 Å². The molecule has 0 radical (unpaired) electrons. The van der Waals surface area contributed by atoms with Crippen molar-refractivity contribution in [2.75, 3.05) is 20.1 Å². The van der Waals surface area contributed by atoms with Gasteiger partial charge in [0.05, 0.1) is 6.61 Å². The van der Waals surface area contributed by atoms with Gasteiger partial charge in [-0.1, -0.05) is 30.3 Å². The molecular weight excluding hydrogens is 334 g/mol. The van der Waals surface area contributed by atoms with E-state index in [4.69, 9.17) is 0 Å². The minimum Gasteiger partial charge on any atom is -0.391 e. The first-order valence-corrected chi connectivity index (χ1v) is 8.46. The van der Waals surface area contributed by atoms with Crippen LogP contribution in [-0.4, -0.2) is 30.1 Å². The van der Waals surface area contributed by atoms with Gasteiger partial charge in [0.15, 0.2) is 0 Å². The first-order valence-electron chi connectivity index (χ1n) is 6.85. The van der Waals surface area contributed by atoms with Crippen molar-refractivity contribution < 1.29 is 5.11 Å². The largest absolute Gasteiger partial charge is 0.391 e. The molecule has 1 aliphatic heterocycles. The van der Waals surface area contributed by atoms with E-state index < -0.39 is 0 Å². The van der Waals surface area contributed by atoms with Crippen LogP contribution < -0.4 is 0 Å². The van der Waals surface area contributed by atoms with Crippen molar-refractivity contribution in [3.05, 3.63) is 55.7 Å². The monoisotopic (exact) mass is 351 g/mol. The number of aliphatic hydroxyl groups excluding tert-OH is 1. The maximum Gasteiger partial charge on any atom is 0.0786 e. The number of halogens is 1. The zero-order valence-electron chi connectivity index (χ0n) is 11.5. The van der Waals surface area contributed by atoms with E-state index in [0.717, 1.165) is 28.9 Å². The van der Waals surface area contributed by atoms with E-state index in [-0.39, 0.29) is 6.61 Å². The van der Waals surface area contributed by atoms with Gasteiger partial charge in [0.2, 0.25) is 0 Å². The van der Waals surface area contributed by atoms with Crippen LogP contribution in [0.25, 0.3) is 0 Å². The van der Waals surface area contributed by atoms with Crippen molar-refractivity contribution in [3.63, 3.8) is 0 Å². The highest BCUT2D eigenvalue weighted by molar-refractivity contribution is 9.10. The summed E-state index contributed by atoms with van der Waals surface area (Å²) >= 11 is 5.44. The van der Waals surface area contributed by atoms with Gasteiger partial charge in [-0.05, 0) is 40.5 Å². The zero-order chi connectivity index (χ0) is 14.1. The van der Waals surface area contributed by atoms with E-state index >= 15 is 0 Å². The molecule has 0 saturated carbocycles. The first kappa shape index (κ1) is 14.3. The fourth-order valence-electron chi connectivity index (χ4n) is 2.86. The minimum absolute atomic E-state index is 0.121. The number of benzene rings is 1. The molecule has 0 saturated heterocycles. The first-order chi connectivity index (χ1) is 9.70. The number of thiophene rings is 1. The molecule has 106 valence electrons. The number of aliphatic hydroxyl groups is 1. The standard InChI is InChI=1S/C16H18BrNOS/c1-18-8-7-12-15(17)14(10-19)20-16(12)13(9-18)11-5-3-2-4-6-11/h2-6,13,19H,7-10H2,1H3. The van der Waals surface area contributed by atoms with Crippen molar-refractivity contribution in [3.8, 4) is 0 Å². The van der Waals surface area contributed by atoms with Crippen molar-refractivity contribution in [1.29, 1.82) is 0 Å². The van der Waals surface area contributed by atoms with E-state index in [9.17, 15) is 5.11 Å². The second-order valence-corrected chi connectivity index (χ2v) is 7.25. The summed E-state index contributed by atoms with van der Waals surface area (Å²) in [5.74, 6) is 0.403. The smallest absolute Gasteiger partial charge is 0.0786 e. The quantitative estimate of drug-likeness (QED) is 0.892. The molecule has 2 nitrogen and oxygen atoms in total. The molecule has 0 fully saturated rings. The Morgan fingerprint density at radius 2 is 2.10 bits per heavy atom. The predicted molar refractivity (Wildman–Crippen MR) is 87.4 cm³/mol. The Bertz CT molecular complexity index is 596. The molecule has 3 rings (SSSR count). The van der Waals surface area contributed by atoms with Crippen LogP contribution in [-0.2, 0) is 13.0 Å². The molecule has 1 N–H and O–H groups in total. The molecule has 1 unspecified atom stereocenters. The third-order valence-corrected chi connectivity index (χ3v) is 6.49. The van der Waals surface area contributed by atoms with Gasteiger partial charge in [-0.25, -0.2) is 0 Å². The summed E-state index contributed by atoms with van der Waals surface area (Å²) in [5, 5.41) is 9.52. The Kier molecular flexibility index (Phi) is 4.26. The second-order valence-electron chi connectivity index (χ2n) is 5.32. The summed E-state index contributed by atoms with van der Waals surface area (Å²) in [6.45, 7) is 2.22. The number of hydrogen-bond donors (Lipinski definition) is 1. The minimum atomic E-state index is 0.121. The average molecular weight is 352 g/mol. The topological polar surface area (TPSA) is 23.5 Å². The van der Waals surface area contributed by atoms with E-state index in [0.29, 0.717) is 5.92 Å². The van der Waals surface area contributed by atoms with E-state index in [2.05, 4.69) is 58.2 Å². The second kappa shape index (κ2) is 5.98. The summed E-state index contributed by atoms with van der Waals surface area (Å²) in [6.07, 6.45) is 1.05. The van der Waals surface area contributed by atoms with Crippen molar-refractivity contribution in [1.82, 2.24) is 4.90 Å². The number of likely N-dealkylation sites (N-methyl/N-ethyl adjacent to an activating group) is 1. The van der Waals surface area contributed by atoms with Crippen LogP contribution in [0.3, 0.4) is 0 Å². The molecule has 0 spiro atoms. The molecule has 2 aromatic rings. The summed E-state index contributed by atoms with van der Waals surface area (Å²) in [5.41, 5.74) is 2.75. The van der Waals surface area contributed by atoms with Gasteiger partial charge in [-0.3, -0.25) is 0 Å². The molecule has 1 atom stereocenters. The molecule has 1 aliphatic rings. The van der Waals surface area contributed by atoms with Crippen molar-refractivity contribution >= 4 is 27.3 Å². The molecule has 0 aliphatic carbocycles. The summed E-state index contributed by atoms with van der Waals surface area (Å²) in [4.78, 5) is 4.87. The van der Waals surface area contributed by atoms with E-state index in [1.807, 2.05) is 0 Å². The van der Waals surface area contributed by atoms with Gasteiger partial charge in [0.25, 0.3) is 0 Å². The lowest BCUT2D eigenvalue weighted by Gasteiger charge is -2.20. The third-order valence-electron chi connectivity index (χ3n) is 3.94. The van der Waals surface area contributed by atoms with Crippen LogP contribution in [0.2, 0.25) is 0 Å². The van der Waals surface area contributed by atoms with Gasteiger partial charge in [0, 0.05) is 33.2 Å². The van der Waals surface area contributed by atoms with Gasteiger partial charge >= 0.3 is 0 Å². The highest BCUT2D eigenvalue weighted by Crippen LogP contribution is 2.42. The SMILES string of the molecule is CN1CCc2c(sc(CO)c2Br)C(c2ccccc2)C1. The molecule has 20 heavy (non-hydrogen) atoms. The van der Waals surface area contributed by atoms with Crippen LogP contribution in [0, 0.1) is 0 Å². The molecule has 1 aromatic carbocycles. The van der Waals surface area contributed by atoms with E-state index in [1.165, 1.54) is 16.0 Å². The Morgan fingerprint density at radius 3 is 2.80 bits per heavy atom. The summed E-state index contributed by atoms with van der Waals surface area (Å²) in [6, 6.07) is 10.7. The number of rotatable bonds is 2. The summed E-state index contributed by atoms with van der Waals surface area (Å²) in [7, 11) is 2.19. The van der Waals surface area contributed by atoms with Gasteiger partial charge in [-0.2, -0.15) is 0 Å². The lowest BCUT2D eigenvalue weighted by molar-refractivity contribution is 0.284.